The molecule has 0 saturated carbocycles. The van der Waals surface area contributed by atoms with E-state index in [0.29, 0.717) is 34.6 Å². The van der Waals surface area contributed by atoms with Crippen molar-refractivity contribution in [3.63, 3.8) is 0 Å². The van der Waals surface area contributed by atoms with Gasteiger partial charge in [0.25, 0.3) is 5.56 Å². The predicted octanol–water partition coefficient (Wildman–Crippen LogP) is 6.23. The number of aromatic nitrogens is 2. The molecule has 202 valence electrons. The van der Waals surface area contributed by atoms with Gasteiger partial charge in [-0.3, -0.25) is 4.79 Å². The quantitative estimate of drug-likeness (QED) is 0.172. The van der Waals surface area contributed by atoms with E-state index in [4.69, 9.17) is 19.6 Å². The normalized spacial score (nSPS) is 12.3. The third-order valence-corrected chi connectivity index (χ3v) is 7.05. The van der Waals surface area contributed by atoms with Gasteiger partial charge < -0.3 is 14.6 Å². The molecule has 0 spiro atoms. The fraction of sp³-hybridized carbons (Fsp3) is 0.267. The molecule has 4 aromatic rings. The molecule has 0 aliphatic carbocycles. The van der Waals surface area contributed by atoms with Gasteiger partial charge in [0.2, 0.25) is 0 Å². The number of aryl methyl sites for hydroxylation is 1. The molecule has 0 radical (unpaired) electrons. The van der Waals surface area contributed by atoms with Crippen molar-refractivity contribution < 1.29 is 19.4 Å². The third-order valence-electron chi connectivity index (χ3n) is 6.20. The Balaban J connectivity index is 1.85. The number of ether oxygens (including phenoxy) is 2. The molecule has 9 heteroatoms. The lowest BCUT2D eigenvalue weighted by molar-refractivity contribution is -0.144. The summed E-state index contributed by atoms with van der Waals surface area (Å²) in [4.78, 5) is 29.7. The van der Waals surface area contributed by atoms with Gasteiger partial charge in [-0.05, 0) is 108 Å². The molecule has 39 heavy (non-hydrogen) atoms. The minimum absolute atomic E-state index is 0.196. The maximum absolute atomic E-state index is 13.7. The molecule has 1 atom stereocenters. The summed E-state index contributed by atoms with van der Waals surface area (Å²) < 4.78 is 13.5. The lowest BCUT2D eigenvalue weighted by atomic mass is 9.96. The smallest absolute Gasteiger partial charge is 0.344 e. The highest BCUT2D eigenvalue weighted by molar-refractivity contribution is 14.1. The van der Waals surface area contributed by atoms with Crippen LogP contribution in [0.4, 0.5) is 0 Å². The number of hydrogen-bond acceptors (Lipinski definition) is 6. The zero-order chi connectivity index (χ0) is 28.3. The number of carbonyl (C=O) groups is 1. The monoisotopic (exact) mass is 639 g/mol. The minimum atomic E-state index is -1.04. The zero-order valence-electron chi connectivity index (χ0n) is 22.4. The van der Waals surface area contributed by atoms with E-state index in [2.05, 4.69) is 41.5 Å². The summed E-state index contributed by atoms with van der Waals surface area (Å²) in [5, 5.41) is 14.2. The molecular weight excluding hydrogens is 609 g/mol. The van der Waals surface area contributed by atoms with Crippen molar-refractivity contribution in [2.24, 2.45) is 5.10 Å². The molecule has 3 aromatic carbocycles. The maximum Gasteiger partial charge on any atom is 0.344 e. The second kappa shape index (κ2) is 12.0. The van der Waals surface area contributed by atoms with Crippen molar-refractivity contribution in [3.8, 4) is 22.9 Å². The van der Waals surface area contributed by atoms with Crippen LogP contribution in [0.3, 0.4) is 0 Å². The summed E-state index contributed by atoms with van der Waals surface area (Å²) in [5.41, 5.74) is 3.76. The average molecular weight is 639 g/mol. The van der Waals surface area contributed by atoms with Crippen LogP contribution in [0, 0.1) is 10.5 Å². The van der Waals surface area contributed by atoms with Crippen LogP contribution in [-0.4, -0.2) is 39.7 Å². The fourth-order valence-corrected chi connectivity index (χ4v) is 4.80. The van der Waals surface area contributed by atoms with Gasteiger partial charge in [0.05, 0.1) is 27.3 Å². The van der Waals surface area contributed by atoms with Gasteiger partial charge in [-0.15, -0.1) is 0 Å². The topological polar surface area (TPSA) is 103 Å². The van der Waals surface area contributed by atoms with Crippen LogP contribution in [0.25, 0.3) is 22.3 Å². The number of benzene rings is 3. The Morgan fingerprint density at radius 1 is 1.13 bits per heavy atom. The van der Waals surface area contributed by atoms with Crippen molar-refractivity contribution in [1.29, 1.82) is 0 Å². The van der Waals surface area contributed by atoms with Crippen LogP contribution in [-0.2, 0) is 4.79 Å². The van der Waals surface area contributed by atoms with Crippen LogP contribution in [0.5, 0.6) is 11.5 Å². The molecular formula is C30H30IN3O5. The molecule has 0 saturated heterocycles. The highest BCUT2D eigenvalue weighted by atomic mass is 127. The Kier molecular flexibility index (Phi) is 8.69. The largest absolute Gasteiger partial charge is 0.494 e. The number of carboxylic acid groups (broad SMARTS) is 1. The van der Waals surface area contributed by atoms with E-state index in [1.807, 2.05) is 44.2 Å². The van der Waals surface area contributed by atoms with Gasteiger partial charge in [0, 0.05) is 5.56 Å². The highest BCUT2D eigenvalue weighted by Crippen LogP contribution is 2.34. The average Bonchev–Trinajstić information content (AvgIpc) is 2.89. The van der Waals surface area contributed by atoms with Crippen LogP contribution in [0.1, 0.15) is 50.3 Å². The molecule has 0 aliphatic rings. The van der Waals surface area contributed by atoms with Gasteiger partial charge in [0.1, 0.15) is 11.5 Å². The lowest BCUT2D eigenvalue weighted by Crippen LogP contribution is -2.23. The van der Waals surface area contributed by atoms with Crippen molar-refractivity contribution in [1.82, 2.24) is 9.66 Å². The zero-order valence-corrected chi connectivity index (χ0v) is 24.6. The van der Waals surface area contributed by atoms with Crippen LogP contribution in [0.15, 0.2) is 64.5 Å². The van der Waals surface area contributed by atoms with Crippen molar-refractivity contribution >= 4 is 45.7 Å². The molecule has 1 N–H and O–H groups in total. The predicted molar refractivity (Wildman–Crippen MR) is 161 cm³/mol. The van der Waals surface area contributed by atoms with Crippen LogP contribution >= 0.6 is 22.6 Å². The molecule has 0 aliphatic heterocycles. The van der Waals surface area contributed by atoms with Crippen molar-refractivity contribution in [3.05, 3.63) is 85.2 Å². The molecule has 4 rings (SSSR count). The first-order valence-electron chi connectivity index (χ1n) is 12.6. The second-order valence-electron chi connectivity index (χ2n) is 9.39. The van der Waals surface area contributed by atoms with Crippen LogP contribution < -0.4 is 15.0 Å². The summed E-state index contributed by atoms with van der Waals surface area (Å²) in [6.45, 7) is 10.2. The van der Waals surface area contributed by atoms with E-state index in [0.717, 1.165) is 26.0 Å². The number of aliphatic carboxylic acids is 1. The number of carboxylic acids is 1. The molecule has 1 heterocycles. The Morgan fingerprint density at radius 2 is 1.87 bits per heavy atom. The van der Waals surface area contributed by atoms with E-state index in [1.54, 1.807) is 30.5 Å². The van der Waals surface area contributed by atoms with Gasteiger partial charge in [-0.2, -0.15) is 9.78 Å². The Morgan fingerprint density at radius 3 is 2.54 bits per heavy atom. The SMILES string of the molecule is CCOc1cc(C)c(-c2nc3ccccc3c(=O)n2N=Cc2ccc(O[C@@H](C)C(=O)O)c(I)c2)cc1C(C)C. The number of nitrogens with zero attached hydrogens (tertiary/aromatic N) is 3. The number of fused-ring (bicyclic) bond motifs is 1. The molecule has 0 unspecified atom stereocenters. The summed E-state index contributed by atoms with van der Waals surface area (Å²) in [6.07, 6.45) is 0.609. The number of para-hydroxylation sites is 1. The highest BCUT2D eigenvalue weighted by Gasteiger charge is 2.19. The van der Waals surface area contributed by atoms with Gasteiger partial charge in [0.15, 0.2) is 11.9 Å². The number of rotatable bonds is 9. The Labute approximate surface area is 240 Å². The van der Waals surface area contributed by atoms with E-state index in [9.17, 15) is 9.59 Å². The second-order valence-corrected chi connectivity index (χ2v) is 10.6. The number of halogens is 1. The molecule has 0 fully saturated rings. The van der Waals surface area contributed by atoms with Gasteiger partial charge >= 0.3 is 5.97 Å². The first-order valence-corrected chi connectivity index (χ1v) is 13.7. The number of hydrogen-bond donors (Lipinski definition) is 1. The van der Waals surface area contributed by atoms with E-state index in [-0.39, 0.29) is 11.5 Å². The molecule has 0 amide bonds. The van der Waals surface area contributed by atoms with Crippen LogP contribution in [0.2, 0.25) is 0 Å². The van der Waals surface area contributed by atoms with Crippen molar-refractivity contribution in [2.75, 3.05) is 6.61 Å². The Bertz CT molecular complexity index is 1630. The fourth-order valence-electron chi connectivity index (χ4n) is 4.13. The summed E-state index contributed by atoms with van der Waals surface area (Å²) >= 11 is 2.08. The van der Waals surface area contributed by atoms with Gasteiger partial charge in [-0.1, -0.05) is 26.0 Å². The summed E-state index contributed by atoms with van der Waals surface area (Å²) in [7, 11) is 0. The van der Waals surface area contributed by atoms with E-state index >= 15 is 0 Å². The third kappa shape index (κ3) is 6.13. The molecule has 0 bridgehead atoms. The van der Waals surface area contributed by atoms with Gasteiger partial charge in [-0.25, -0.2) is 9.78 Å². The summed E-state index contributed by atoms with van der Waals surface area (Å²) in [6, 6.07) is 16.5. The first kappa shape index (κ1) is 28.3. The molecule has 8 nitrogen and oxygen atoms in total. The lowest BCUT2D eigenvalue weighted by Gasteiger charge is -2.18. The maximum atomic E-state index is 13.7. The van der Waals surface area contributed by atoms with E-state index in [1.165, 1.54) is 11.6 Å². The molecule has 1 aromatic heterocycles. The Hall–Kier alpha value is -3.73. The van der Waals surface area contributed by atoms with E-state index < -0.39 is 12.1 Å². The van der Waals surface area contributed by atoms with Crippen molar-refractivity contribution in [2.45, 2.75) is 46.6 Å². The minimum Gasteiger partial charge on any atom is -0.494 e. The summed E-state index contributed by atoms with van der Waals surface area (Å²) in [5.74, 6) is 0.863. The standard InChI is InChI=1S/C30H30IN3O5/c1-6-38-27-13-18(4)23(15-22(27)17(2)3)28-33-25-10-8-7-9-21(25)29(35)34(28)32-16-20-11-12-26(24(31)14-20)39-19(5)30(36)37/h7-17,19H,6H2,1-5H3,(H,36,37)/t19-/m0/s1. The first-order chi connectivity index (χ1) is 18.6.